The Morgan fingerprint density at radius 2 is 2.05 bits per heavy atom. The fourth-order valence-corrected chi connectivity index (χ4v) is 4.10. The highest BCUT2D eigenvalue weighted by atomic mass is 16.4. The molecule has 1 aliphatic heterocycles. The van der Waals surface area contributed by atoms with Crippen molar-refractivity contribution in [2.24, 2.45) is 23.7 Å². The molecule has 2 unspecified atom stereocenters. The maximum Gasteiger partial charge on any atom is 0.308 e. The molecule has 0 amide bonds. The lowest BCUT2D eigenvalue weighted by atomic mass is 9.80. The zero-order chi connectivity index (χ0) is 14.0. The SMILES string of the molecule is CC(C)CC1CCCC(N2C[C@@H](C)[C@H](C(=O)O)C2)C1. The molecular formula is C16H29NO2. The minimum Gasteiger partial charge on any atom is -0.481 e. The first kappa shape index (κ1) is 14.8. The third-order valence-electron chi connectivity index (χ3n) is 5.03. The summed E-state index contributed by atoms with van der Waals surface area (Å²) < 4.78 is 0. The van der Waals surface area contributed by atoms with Crippen LogP contribution in [0.25, 0.3) is 0 Å². The molecular weight excluding hydrogens is 238 g/mol. The molecule has 0 bridgehead atoms. The van der Waals surface area contributed by atoms with E-state index in [1.165, 1.54) is 32.1 Å². The number of carbonyl (C=O) groups is 1. The second-order valence-corrected chi connectivity index (χ2v) is 7.19. The molecule has 3 nitrogen and oxygen atoms in total. The molecule has 1 aliphatic carbocycles. The van der Waals surface area contributed by atoms with Crippen LogP contribution in [0.4, 0.5) is 0 Å². The molecule has 1 saturated heterocycles. The first-order chi connectivity index (χ1) is 8.97. The van der Waals surface area contributed by atoms with E-state index in [0.717, 1.165) is 24.9 Å². The summed E-state index contributed by atoms with van der Waals surface area (Å²) in [6.07, 6.45) is 6.60. The van der Waals surface area contributed by atoms with E-state index < -0.39 is 5.97 Å². The van der Waals surface area contributed by atoms with Gasteiger partial charge in [0.2, 0.25) is 0 Å². The number of nitrogens with zero attached hydrogens (tertiary/aromatic N) is 1. The number of likely N-dealkylation sites (tertiary alicyclic amines) is 1. The molecule has 2 fully saturated rings. The van der Waals surface area contributed by atoms with E-state index in [2.05, 4.69) is 25.7 Å². The Balaban J connectivity index is 1.90. The van der Waals surface area contributed by atoms with Crippen molar-refractivity contribution in [2.45, 2.75) is 58.9 Å². The lowest BCUT2D eigenvalue weighted by molar-refractivity contribution is -0.142. The second kappa shape index (κ2) is 6.25. The molecule has 2 aliphatic rings. The van der Waals surface area contributed by atoms with Crippen molar-refractivity contribution in [1.29, 1.82) is 0 Å². The van der Waals surface area contributed by atoms with Gasteiger partial charge in [-0.25, -0.2) is 0 Å². The Bertz CT molecular complexity index is 316. The highest BCUT2D eigenvalue weighted by Gasteiger charge is 2.38. The third-order valence-corrected chi connectivity index (χ3v) is 5.03. The molecule has 1 N–H and O–H groups in total. The normalized spacial score (nSPS) is 36.8. The van der Waals surface area contributed by atoms with Crippen molar-refractivity contribution in [1.82, 2.24) is 4.90 Å². The Morgan fingerprint density at radius 3 is 2.63 bits per heavy atom. The van der Waals surface area contributed by atoms with Crippen LogP contribution in [-0.2, 0) is 4.79 Å². The Labute approximate surface area is 117 Å². The van der Waals surface area contributed by atoms with Gasteiger partial charge in [0.15, 0.2) is 0 Å². The molecule has 0 aromatic heterocycles. The maximum absolute atomic E-state index is 11.2. The van der Waals surface area contributed by atoms with Crippen LogP contribution in [0.1, 0.15) is 52.9 Å². The summed E-state index contributed by atoms with van der Waals surface area (Å²) in [5, 5.41) is 9.24. The number of aliphatic carboxylic acids is 1. The highest BCUT2D eigenvalue weighted by Crippen LogP contribution is 2.35. The van der Waals surface area contributed by atoms with Gasteiger partial charge in [-0.1, -0.05) is 33.6 Å². The molecule has 110 valence electrons. The van der Waals surface area contributed by atoms with Gasteiger partial charge in [0, 0.05) is 19.1 Å². The summed E-state index contributed by atoms with van der Waals surface area (Å²) in [6.45, 7) is 8.46. The summed E-state index contributed by atoms with van der Waals surface area (Å²) in [6, 6.07) is 0.643. The van der Waals surface area contributed by atoms with Crippen molar-refractivity contribution in [3.8, 4) is 0 Å². The topological polar surface area (TPSA) is 40.5 Å². The highest BCUT2D eigenvalue weighted by molar-refractivity contribution is 5.71. The number of hydrogen-bond acceptors (Lipinski definition) is 2. The number of carboxylic acid groups (broad SMARTS) is 1. The molecule has 0 spiro atoms. The van der Waals surface area contributed by atoms with Crippen molar-refractivity contribution in [2.75, 3.05) is 13.1 Å². The Kier molecular flexibility index (Phi) is 4.88. The van der Waals surface area contributed by atoms with E-state index in [4.69, 9.17) is 0 Å². The van der Waals surface area contributed by atoms with Crippen molar-refractivity contribution in [3.05, 3.63) is 0 Å². The maximum atomic E-state index is 11.2. The van der Waals surface area contributed by atoms with Crippen LogP contribution >= 0.6 is 0 Å². The molecule has 0 radical (unpaired) electrons. The van der Waals surface area contributed by atoms with E-state index >= 15 is 0 Å². The van der Waals surface area contributed by atoms with Gasteiger partial charge in [-0.2, -0.15) is 0 Å². The van der Waals surface area contributed by atoms with Crippen LogP contribution in [0.15, 0.2) is 0 Å². The van der Waals surface area contributed by atoms with E-state index in [1.807, 2.05) is 0 Å². The summed E-state index contributed by atoms with van der Waals surface area (Å²) in [7, 11) is 0. The van der Waals surface area contributed by atoms with Gasteiger partial charge in [-0.3, -0.25) is 9.69 Å². The number of hydrogen-bond donors (Lipinski definition) is 1. The van der Waals surface area contributed by atoms with Crippen LogP contribution < -0.4 is 0 Å². The number of carboxylic acids is 1. The van der Waals surface area contributed by atoms with E-state index in [1.54, 1.807) is 0 Å². The molecule has 2 rings (SSSR count). The molecule has 1 saturated carbocycles. The number of rotatable bonds is 4. The van der Waals surface area contributed by atoms with Crippen molar-refractivity contribution < 1.29 is 9.90 Å². The fourth-order valence-electron chi connectivity index (χ4n) is 4.10. The van der Waals surface area contributed by atoms with Gasteiger partial charge in [0.25, 0.3) is 0 Å². The van der Waals surface area contributed by atoms with Gasteiger partial charge < -0.3 is 5.11 Å². The van der Waals surface area contributed by atoms with Crippen LogP contribution in [0.5, 0.6) is 0 Å². The molecule has 3 heteroatoms. The zero-order valence-electron chi connectivity index (χ0n) is 12.6. The quantitative estimate of drug-likeness (QED) is 0.850. The van der Waals surface area contributed by atoms with Crippen LogP contribution in [0.3, 0.4) is 0 Å². The van der Waals surface area contributed by atoms with Gasteiger partial charge in [0.1, 0.15) is 0 Å². The van der Waals surface area contributed by atoms with E-state index in [9.17, 15) is 9.90 Å². The Hall–Kier alpha value is -0.570. The van der Waals surface area contributed by atoms with Crippen LogP contribution in [0, 0.1) is 23.7 Å². The fraction of sp³-hybridized carbons (Fsp3) is 0.938. The van der Waals surface area contributed by atoms with Crippen LogP contribution in [0.2, 0.25) is 0 Å². The monoisotopic (exact) mass is 267 g/mol. The van der Waals surface area contributed by atoms with Gasteiger partial charge in [0.05, 0.1) is 5.92 Å². The predicted molar refractivity (Wildman–Crippen MR) is 77.1 cm³/mol. The summed E-state index contributed by atoms with van der Waals surface area (Å²) in [5.41, 5.74) is 0. The Morgan fingerprint density at radius 1 is 1.32 bits per heavy atom. The average Bonchev–Trinajstić information content (AvgIpc) is 2.71. The minimum atomic E-state index is -0.607. The smallest absolute Gasteiger partial charge is 0.308 e. The third kappa shape index (κ3) is 3.71. The summed E-state index contributed by atoms with van der Waals surface area (Å²) in [4.78, 5) is 13.7. The average molecular weight is 267 g/mol. The van der Waals surface area contributed by atoms with E-state index in [-0.39, 0.29) is 5.92 Å². The molecule has 4 atom stereocenters. The second-order valence-electron chi connectivity index (χ2n) is 7.19. The first-order valence-corrected chi connectivity index (χ1v) is 7.94. The molecule has 19 heavy (non-hydrogen) atoms. The molecule has 1 heterocycles. The van der Waals surface area contributed by atoms with Gasteiger partial charge >= 0.3 is 5.97 Å². The molecule has 0 aromatic carbocycles. The lowest BCUT2D eigenvalue weighted by Gasteiger charge is -2.36. The largest absolute Gasteiger partial charge is 0.481 e. The minimum absolute atomic E-state index is 0.148. The summed E-state index contributed by atoms with van der Waals surface area (Å²) in [5.74, 6) is 1.20. The lowest BCUT2D eigenvalue weighted by Crippen LogP contribution is -2.38. The van der Waals surface area contributed by atoms with Gasteiger partial charge in [-0.15, -0.1) is 0 Å². The van der Waals surface area contributed by atoms with Gasteiger partial charge in [-0.05, 0) is 37.0 Å². The van der Waals surface area contributed by atoms with Crippen molar-refractivity contribution in [3.63, 3.8) is 0 Å². The molecule has 0 aromatic rings. The first-order valence-electron chi connectivity index (χ1n) is 7.94. The predicted octanol–water partition coefficient (Wildman–Crippen LogP) is 3.24. The zero-order valence-corrected chi connectivity index (χ0v) is 12.6. The standard InChI is InChI=1S/C16H29NO2/c1-11(2)7-13-5-4-6-14(8-13)17-9-12(3)15(10-17)16(18)19/h11-15H,4-10H2,1-3H3,(H,18,19)/t12-,13?,14?,15-/m1/s1. The summed E-state index contributed by atoms with van der Waals surface area (Å²) >= 11 is 0. The van der Waals surface area contributed by atoms with E-state index in [0.29, 0.717) is 12.0 Å². The van der Waals surface area contributed by atoms with Crippen molar-refractivity contribution >= 4 is 5.97 Å². The van der Waals surface area contributed by atoms with Crippen LogP contribution in [-0.4, -0.2) is 35.1 Å².